The van der Waals surface area contributed by atoms with Crippen LogP contribution in [0, 0.1) is 19.8 Å². The monoisotopic (exact) mass is 388 g/mol. The molecule has 0 unspecified atom stereocenters. The summed E-state index contributed by atoms with van der Waals surface area (Å²) in [5.41, 5.74) is 4.26. The number of rotatable bonds is 6. The number of nitrogens with zero attached hydrogens (tertiary/aromatic N) is 1. The van der Waals surface area contributed by atoms with Crippen LogP contribution in [0.5, 0.6) is 0 Å². The molecule has 3 nitrogen and oxygen atoms in total. The van der Waals surface area contributed by atoms with Gasteiger partial charge in [0.25, 0.3) is 5.91 Å². The third-order valence-electron chi connectivity index (χ3n) is 7.64. The van der Waals surface area contributed by atoms with Crippen LogP contribution >= 0.6 is 0 Å². The van der Waals surface area contributed by atoms with E-state index in [0.717, 1.165) is 22.6 Å². The molecule has 1 amide bonds. The normalized spacial score (nSPS) is 27.2. The Labute approximate surface area is 174 Å². The van der Waals surface area contributed by atoms with Crippen LogP contribution < -0.4 is 5.32 Å². The molecule has 0 aromatic heterocycles. The largest absolute Gasteiger partial charge is 0.343 e. The molecule has 3 aliphatic rings. The average molecular weight is 389 g/mol. The fraction of sp³-hybridized carbons (Fsp3) is 0.500. The first kappa shape index (κ1) is 18.9. The first-order valence-electron chi connectivity index (χ1n) is 11.3. The predicted molar refractivity (Wildman–Crippen MR) is 117 cm³/mol. The van der Waals surface area contributed by atoms with Gasteiger partial charge in [0.05, 0.1) is 6.04 Å². The SMILES string of the molecule is Cc1cccc(C)c1C(=O)N[C@H](c1ccccc1)C12CCC(CC1)N2CC1CC1. The first-order valence-corrected chi connectivity index (χ1v) is 11.3. The Morgan fingerprint density at radius 1 is 1.00 bits per heavy atom. The van der Waals surface area contributed by atoms with Gasteiger partial charge >= 0.3 is 0 Å². The molecule has 1 N–H and O–H groups in total. The van der Waals surface area contributed by atoms with Crippen LogP contribution in [0.3, 0.4) is 0 Å². The molecule has 3 fully saturated rings. The lowest BCUT2D eigenvalue weighted by Gasteiger charge is -2.43. The Balaban J connectivity index is 1.51. The van der Waals surface area contributed by atoms with Crippen LogP contribution in [0.1, 0.15) is 71.6 Å². The molecule has 1 aliphatic carbocycles. The molecular formula is C26H32N2O. The van der Waals surface area contributed by atoms with E-state index in [0.29, 0.717) is 6.04 Å². The topological polar surface area (TPSA) is 32.3 Å². The lowest BCUT2D eigenvalue weighted by Crippen LogP contribution is -2.53. The Kier molecular flexibility index (Phi) is 4.74. The van der Waals surface area contributed by atoms with Crippen molar-refractivity contribution in [3.8, 4) is 0 Å². The molecule has 2 bridgehead atoms. The van der Waals surface area contributed by atoms with Crippen molar-refractivity contribution < 1.29 is 4.79 Å². The molecule has 0 spiro atoms. The van der Waals surface area contributed by atoms with E-state index in [1.54, 1.807) is 0 Å². The predicted octanol–water partition coefficient (Wildman–Crippen LogP) is 5.18. The van der Waals surface area contributed by atoms with E-state index in [9.17, 15) is 4.79 Å². The van der Waals surface area contributed by atoms with Gasteiger partial charge in [-0.25, -0.2) is 0 Å². The van der Waals surface area contributed by atoms with Crippen molar-refractivity contribution >= 4 is 5.91 Å². The van der Waals surface area contributed by atoms with E-state index in [2.05, 4.69) is 40.5 Å². The molecule has 2 saturated heterocycles. The number of benzene rings is 2. The molecular weight excluding hydrogens is 356 g/mol. The zero-order chi connectivity index (χ0) is 20.0. The second-order valence-corrected chi connectivity index (χ2v) is 9.51. The van der Waals surface area contributed by atoms with E-state index < -0.39 is 0 Å². The van der Waals surface area contributed by atoms with Crippen molar-refractivity contribution in [2.45, 2.75) is 70.0 Å². The number of nitrogens with one attached hydrogen (secondary N) is 1. The second-order valence-electron chi connectivity index (χ2n) is 9.51. The Hall–Kier alpha value is -2.13. The van der Waals surface area contributed by atoms with E-state index in [-0.39, 0.29) is 17.5 Å². The summed E-state index contributed by atoms with van der Waals surface area (Å²) in [6.07, 6.45) is 7.69. The maximum absolute atomic E-state index is 13.5. The van der Waals surface area contributed by atoms with Gasteiger partial charge in [-0.05, 0) is 75.0 Å². The Bertz CT molecular complexity index is 874. The summed E-state index contributed by atoms with van der Waals surface area (Å²) in [5, 5.41) is 3.53. The van der Waals surface area contributed by atoms with Crippen LogP contribution in [-0.2, 0) is 0 Å². The van der Waals surface area contributed by atoms with Crippen LogP contribution in [-0.4, -0.2) is 28.9 Å². The van der Waals surface area contributed by atoms with E-state index in [4.69, 9.17) is 0 Å². The van der Waals surface area contributed by atoms with E-state index in [1.807, 2.05) is 32.0 Å². The minimum absolute atomic E-state index is 0.0430. The second kappa shape index (κ2) is 7.28. The first-order chi connectivity index (χ1) is 14.1. The van der Waals surface area contributed by atoms with Crippen molar-refractivity contribution in [1.29, 1.82) is 0 Å². The average Bonchev–Trinajstić information content (AvgIpc) is 3.41. The molecule has 1 atom stereocenters. The number of aryl methyl sites for hydroxylation is 2. The summed E-state index contributed by atoms with van der Waals surface area (Å²) in [5.74, 6) is 0.948. The van der Waals surface area contributed by atoms with Crippen LogP contribution in [0.25, 0.3) is 0 Å². The fourth-order valence-electron chi connectivity index (χ4n) is 5.98. The molecule has 1 saturated carbocycles. The quantitative estimate of drug-likeness (QED) is 0.739. The highest BCUT2D eigenvalue weighted by Gasteiger charge is 2.57. The highest BCUT2D eigenvalue weighted by Crippen LogP contribution is 2.54. The third-order valence-corrected chi connectivity index (χ3v) is 7.64. The minimum atomic E-state index is 0.0430. The van der Waals surface area contributed by atoms with Crippen molar-refractivity contribution in [3.05, 3.63) is 70.8 Å². The lowest BCUT2D eigenvalue weighted by molar-refractivity contribution is 0.0766. The Morgan fingerprint density at radius 2 is 1.66 bits per heavy atom. The molecule has 29 heavy (non-hydrogen) atoms. The standard InChI is InChI=1S/C26H32N2O/c1-18-7-6-8-19(2)23(18)25(29)27-24(21-9-4-3-5-10-21)26-15-13-22(14-16-26)28(26)17-20-11-12-20/h3-10,20,22,24H,11-17H2,1-2H3,(H,27,29)/t22?,24-,26?/m1/s1. The number of hydrogen-bond acceptors (Lipinski definition) is 2. The van der Waals surface area contributed by atoms with Gasteiger partial charge in [0, 0.05) is 23.7 Å². The molecule has 152 valence electrons. The fourth-order valence-corrected chi connectivity index (χ4v) is 5.98. The van der Waals surface area contributed by atoms with Crippen molar-refractivity contribution in [1.82, 2.24) is 10.2 Å². The van der Waals surface area contributed by atoms with Gasteiger partial charge in [-0.15, -0.1) is 0 Å². The molecule has 2 aliphatic heterocycles. The van der Waals surface area contributed by atoms with Gasteiger partial charge in [-0.2, -0.15) is 0 Å². The summed E-state index contributed by atoms with van der Waals surface area (Å²) >= 11 is 0. The Morgan fingerprint density at radius 3 is 2.28 bits per heavy atom. The van der Waals surface area contributed by atoms with Crippen LogP contribution in [0.15, 0.2) is 48.5 Å². The lowest BCUT2D eigenvalue weighted by atomic mass is 9.78. The zero-order valence-corrected chi connectivity index (χ0v) is 17.7. The number of carbonyl (C=O) groups excluding carboxylic acids is 1. The number of fused-ring (bicyclic) bond motifs is 2. The minimum Gasteiger partial charge on any atom is -0.343 e. The van der Waals surface area contributed by atoms with Gasteiger partial charge in [0.2, 0.25) is 0 Å². The summed E-state index contributed by atoms with van der Waals surface area (Å²) in [4.78, 5) is 16.3. The van der Waals surface area contributed by atoms with E-state index in [1.165, 1.54) is 50.6 Å². The molecule has 2 aromatic rings. The van der Waals surface area contributed by atoms with Gasteiger partial charge in [-0.3, -0.25) is 9.69 Å². The third kappa shape index (κ3) is 3.30. The summed E-state index contributed by atoms with van der Waals surface area (Å²) in [7, 11) is 0. The molecule has 2 heterocycles. The van der Waals surface area contributed by atoms with Crippen molar-refractivity contribution in [3.63, 3.8) is 0 Å². The number of carbonyl (C=O) groups is 1. The molecule has 0 radical (unpaired) electrons. The van der Waals surface area contributed by atoms with Crippen molar-refractivity contribution in [2.24, 2.45) is 5.92 Å². The maximum atomic E-state index is 13.5. The molecule has 3 heteroatoms. The molecule has 5 rings (SSSR count). The van der Waals surface area contributed by atoms with Gasteiger partial charge in [0.15, 0.2) is 0 Å². The summed E-state index contributed by atoms with van der Waals surface area (Å²) in [6.45, 7) is 5.30. The number of amides is 1. The van der Waals surface area contributed by atoms with Crippen LogP contribution in [0.2, 0.25) is 0 Å². The smallest absolute Gasteiger partial charge is 0.252 e. The highest BCUT2D eigenvalue weighted by molar-refractivity contribution is 5.97. The van der Waals surface area contributed by atoms with E-state index >= 15 is 0 Å². The maximum Gasteiger partial charge on any atom is 0.252 e. The van der Waals surface area contributed by atoms with Crippen molar-refractivity contribution in [2.75, 3.05) is 6.54 Å². The number of hydrogen-bond donors (Lipinski definition) is 1. The van der Waals surface area contributed by atoms with Gasteiger partial charge < -0.3 is 5.32 Å². The summed E-state index contributed by atoms with van der Waals surface area (Å²) in [6, 6.07) is 17.5. The zero-order valence-electron chi connectivity index (χ0n) is 17.7. The van der Waals surface area contributed by atoms with Gasteiger partial charge in [-0.1, -0.05) is 48.5 Å². The molecule has 2 aromatic carbocycles. The van der Waals surface area contributed by atoms with Crippen LogP contribution in [0.4, 0.5) is 0 Å². The highest BCUT2D eigenvalue weighted by atomic mass is 16.1. The van der Waals surface area contributed by atoms with Gasteiger partial charge in [0.1, 0.15) is 0 Å². The summed E-state index contributed by atoms with van der Waals surface area (Å²) < 4.78 is 0.